The number of nitrogens with one attached hydrogen (secondary N) is 2. The van der Waals surface area contributed by atoms with E-state index in [0.717, 1.165) is 0 Å². The van der Waals surface area contributed by atoms with Crippen LogP contribution in [0.1, 0.15) is 46.6 Å². The molecule has 0 bridgehead atoms. The molecule has 0 atom stereocenters. The van der Waals surface area contributed by atoms with Crippen LogP contribution in [0.25, 0.3) is 0 Å². The Labute approximate surface area is 136 Å². The zero-order chi connectivity index (χ0) is 17.7. The second kappa shape index (κ2) is 7.44. The van der Waals surface area contributed by atoms with Crippen LogP contribution in [0, 0.1) is 11.2 Å². The van der Waals surface area contributed by atoms with Crippen LogP contribution in [0.3, 0.4) is 0 Å². The summed E-state index contributed by atoms with van der Waals surface area (Å²) in [4.78, 5) is 11.8. The van der Waals surface area contributed by atoms with Crippen molar-refractivity contribution in [2.24, 2.45) is 0 Å². The Bertz CT molecular complexity index is 548. The first-order valence-corrected chi connectivity index (χ1v) is 7.47. The third-order valence-electron chi connectivity index (χ3n) is 2.92. The van der Waals surface area contributed by atoms with E-state index < -0.39 is 17.2 Å². The Morgan fingerprint density at radius 2 is 1.74 bits per heavy atom. The van der Waals surface area contributed by atoms with Gasteiger partial charge < -0.3 is 14.8 Å². The number of rotatable bonds is 5. The zero-order valence-corrected chi connectivity index (χ0v) is 14.3. The highest BCUT2D eigenvalue weighted by Gasteiger charge is 2.24. The van der Waals surface area contributed by atoms with E-state index in [0.29, 0.717) is 12.0 Å². The van der Waals surface area contributed by atoms with Crippen molar-refractivity contribution in [3.63, 3.8) is 0 Å². The number of alkyl carbamates (subject to hydrolysis) is 1. The second-order valence-electron chi connectivity index (χ2n) is 6.95. The summed E-state index contributed by atoms with van der Waals surface area (Å²) < 4.78 is 23.4. The lowest BCUT2D eigenvalue weighted by molar-refractivity contribution is 0.0460. The van der Waals surface area contributed by atoms with E-state index in [4.69, 9.17) is 14.9 Å². The molecule has 0 spiro atoms. The number of halogens is 1. The van der Waals surface area contributed by atoms with Crippen LogP contribution in [0.2, 0.25) is 0 Å². The molecule has 0 heterocycles. The maximum Gasteiger partial charge on any atom is 0.408 e. The fourth-order valence-corrected chi connectivity index (χ4v) is 1.74. The standard InChI is InChI=1S/C17H25FN2O3/c1-16(2,3)23-15(21)20-17(4,5)10-11-22-14(19)12-6-8-13(18)9-7-12/h6-9,19H,10-11H2,1-5H3,(H,20,21). The minimum absolute atomic E-state index is 0.0296. The lowest BCUT2D eigenvalue weighted by Crippen LogP contribution is -2.46. The van der Waals surface area contributed by atoms with Gasteiger partial charge in [0, 0.05) is 17.5 Å². The van der Waals surface area contributed by atoms with Gasteiger partial charge in [0.2, 0.25) is 5.90 Å². The number of carbonyl (C=O) groups is 1. The summed E-state index contributed by atoms with van der Waals surface area (Å²) in [6.07, 6.45) is 0.00614. The fourth-order valence-electron chi connectivity index (χ4n) is 1.74. The molecule has 1 aromatic rings. The van der Waals surface area contributed by atoms with Crippen molar-refractivity contribution < 1.29 is 18.7 Å². The average Bonchev–Trinajstić information content (AvgIpc) is 2.35. The first-order valence-electron chi connectivity index (χ1n) is 7.47. The minimum atomic E-state index is -0.554. The van der Waals surface area contributed by atoms with Gasteiger partial charge in [0.05, 0.1) is 6.61 Å². The van der Waals surface area contributed by atoms with Gasteiger partial charge in [-0.25, -0.2) is 9.18 Å². The highest BCUT2D eigenvalue weighted by Crippen LogP contribution is 2.13. The highest BCUT2D eigenvalue weighted by molar-refractivity contribution is 5.91. The molecule has 1 aromatic carbocycles. The molecular formula is C17H25FN2O3. The predicted molar refractivity (Wildman–Crippen MR) is 87.2 cm³/mol. The Morgan fingerprint density at radius 3 is 2.26 bits per heavy atom. The molecule has 0 fully saturated rings. The first-order chi connectivity index (χ1) is 10.5. The van der Waals surface area contributed by atoms with Crippen LogP contribution in [0.4, 0.5) is 9.18 Å². The van der Waals surface area contributed by atoms with E-state index in [-0.39, 0.29) is 18.3 Å². The summed E-state index contributed by atoms with van der Waals surface area (Å²) in [6.45, 7) is 9.34. The molecule has 0 saturated heterocycles. The predicted octanol–water partition coefficient (Wildman–Crippen LogP) is 3.86. The van der Waals surface area contributed by atoms with E-state index in [2.05, 4.69) is 5.32 Å². The molecule has 2 N–H and O–H groups in total. The molecule has 0 aliphatic rings. The molecule has 5 nitrogen and oxygen atoms in total. The normalized spacial score (nSPS) is 11.7. The van der Waals surface area contributed by atoms with E-state index in [1.165, 1.54) is 24.3 Å². The lowest BCUT2D eigenvalue weighted by atomic mass is 10.0. The monoisotopic (exact) mass is 324 g/mol. The second-order valence-corrected chi connectivity index (χ2v) is 6.95. The average molecular weight is 324 g/mol. The molecule has 0 aromatic heterocycles. The van der Waals surface area contributed by atoms with Crippen molar-refractivity contribution in [3.8, 4) is 0 Å². The van der Waals surface area contributed by atoms with Gasteiger partial charge >= 0.3 is 6.09 Å². The number of hydrogen-bond donors (Lipinski definition) is 2. The largest absolute Gasteiger partial charge is 0.478 e. The Morgan fingerprint density at radius 1 is 1.17 bits per heavy atom. The Kier molecular flexibility index (Phi) is 6.12. The first kappa shape index (κ1) is 18.9. The minimum Gasteiger partial charge on any atom is -0.478 e. The van der Waals surface area contributed by atoms with Crippen LogP contribution >= 0.6 is 0 Å². The molecular weight excluding hydrogens is 299 g/mol. The molecule has 23 heavy (non-hydrogen) atoms. The lowest BCUT2D eigenvalue weighted by Gasteiger charge is -2.28. The number of benzene rings is 1. The topological polar surface area (TPSA) is 71.4 Å². The van der Waals surface area contributed by atoms with Gasteiger partial charge in [-0.1, -0.05) is 0 Å². The van der Waals surface area contributed by atoms with Gasteiger partial charge in [0.15, 0.2) is 0 Å². The van der Waals surface area contributed by atoms with Gasteiger partial charge in [-0.05, 0) is 58.9 Å². The van der Waals surface area contributed by atoms with Crippen molar-refractivity contribution in [3.05, 3.63) is 35.6 Å². The summed E-state index contributed by atoms with van der Waals surface area (Å²) in [6, 6.07) is 5.53. The molecule has 6 heteroatoms. The van der Waals surface area contributed by atoms with E-state index in [9.17, 15) is 9.18 Å². The van der Waals surface area contributed by atoms with Crippen LogP contribution in [-0.4, -0.2) is 29.7 Å². The van der Waals surface area contributed by atoms with Crippen molar-refractivity contribution in [1.29, 1.82) is 5.41 Å². The highest BCUT2D eigenvalue weighted by atomic mass is 19.1. The van der Waals surface area contributed by atoms with Gasteiger partial charge in [-0.15, -0.1) is 0 Å². The number of hydrogen-bond acceptors (Lipinski definition) is 4. The number of ether oxygens (including phenoxy) is 2. The van der Waals surface area contributed by atoms with Gasteiger partial charge in [-0.3, -0.25) is 5.41 Å². The maximum absolute atomic E-state index is 12.8. The summed E-state index contributed by atoms with van der Waals surface area (Å²) in [5, 5.41) is 10.6. The maximum atomic E-state index is 12.8. The molecule has 0 unspecified atom stereocenters. The molecule has 128 valence electrons. The summed E-state index contributed by atoms with van der Waals surface area (Å²) >= 11 is 0. The summed E-state index contributed by atoms with van der Waals surface area (Å²) in [5.74, 6) is -0.387. The zero-order valence-electron chi connectivity index (χ0n) is 14.3. The van der Waals surface area contributed by atoms with E-state index in [1.807, 2.05) is 13.8 Å². The molecule has 1 amide bonds. The van der Waals surface area contributed by atoms with E-state index in [1.54, 1.807) is 20.8 Å². The smallest absolute Gasteiger partial charge is 0.408 e. The third-order valence-corrected chi connectivity index (χ3v) is 2.92. The quantitative estimate of drug-likeness (QED) is 0.638. The number of carbonyl (C=O) groups excluding carboxylic acids is 1. The SMILES string of the molecule is CC(C)(CCOC(=N)c1ccc(F)cc1)NC(=O)OC(C)(C)C. The Hall–Kier alpha value is -2.11. The van der Waals surface area contributed by atoms with Crippen molar-refractivity contribution in [2.45, 2.75) is 52.2 Å². The molecule has 0 aliphatic heterocycles. The molecule has 0 aliphatic carbocycles. The summed E-state index contributed by atoms with van der Waals surface area (Å²) in [5.41, 5.74) is -0.587. The van der Waals surface area contributed by atoms with Gasteiger partial charge in [0.25, 0.3) is 0 Å². The molecule has 0 radical (unpaired) electrons. The van der Waals surface area contributed by atoms with Gasteiger partial charge in [-0.2, -0.15) is 0 Å². The van der Waals surface area contributed by atoms with Crippen molar-refractivity contribution in [2.75, 3.05) is 6.61 Å². The number of amides is 1. The van der Waals surface area contributed by atoms with Crippen molar-refractivity contribution >= 4 is 12.0 Å². The summed E-state index contributed by atoms with van der Waals surface area (Å²) in [7, 11) is 0. The Balaban J connectivity index is 2.42. The van der Waals surface area contributed by atoms with Crippen LogP contribution < -0.4 is 5.32 Å². The van der Waals surface area contributed by atoms with Crippen LogP contribution in [-0.2, 0) is 9.47 Å². The third kappa shape index (κ3) is 7.63. The van der Waals surface area contributed by atoms with Crippen molar-refractivity contribution in [1.82, 2.24) is 5.32 Å². The van der Waals surface area contributed by atoms with Crippen LogP contribution in [0.15, 0.2) is 24.3 Å². The molecule has 0 saturated carbocycles. The molecule has 1 rings (SSSR count). The van der Waals surface area contributed by atoms with Crippen LogP contribution in [0.5, 0.6) is 0 Å². The van der Waals surface area contributed by atoms with Gasteiger partial charge in [0.1, 0.15) is 11.4 Å². The fraction of sp³-hybridized carbons (Fsp3) is 0.529. The van der Waals surface area contributed by atoms with E-state index >= 15 is 0 Å².